The summed E-state index contributed by atoms with van der Waals surface area (Å²) in [6, 6.07) is 19.4. The number of ether oxygens (including phenoxy) is 1. The van der Waals surface area contributed by atoms with Crippen LogP contribution in [0.15, 0.2) is 66.0 Å². The van der Waals surface area contributed by atoms with Crippen LogP contribution >= 0.6 is 11.3 Å². The number of carbonyl (C=O) groups is 3. The van der Waals surface area contributed by atoms with Crippen molar-refractivity contribution in [3.8, 4) is 0 Å². The number of nitrogens with zero attached hydrogens (tertiary/aromatic N) is 3. The van der Waals surface area contributed by atoms with E-state index < -0.39 is 0 Å². The molecular formula is C29H35N5O4S. The summed E-state index contributed by atoms with van der Waals surface area (Å²) in [5, 5.41) is 8.05. The Morgan fingerprint density at radius 2 is 1.72 bits per heavy atom. The number of likely N-dealkylation sites (tertiary alicyclic amines) is 1. The fourth-order valence-electron chi connectivity index (χ4n) is 4.52. The van der Waals surface area contributed by atoms with Crippen LogP contribution in [0.4, 0.5) is 5.13 Å². The average molecular weight is 550 g/mol. The number of rotatable bonds is 12. The van der Waals surface area contributed by atoms with E-state index in [1.807, 2.05) is 12.1 Å². The molecule has 1 saturated heterocycles. The highest BCUT2D eigenvalue weighted by Crippen LogP contribution is 2.17. The lowest BCUT2D eigenvalue weighted by molar-refractivity contribution is -0.121. The summed E-state index contributed by atoms with van der Waals surface area (Å²) in [6.07, 6.45) is 1.99. The minimum atomic E-state index is -0.358. The number of aromatic nitrogens is 1. The third kappa shape index (κ3) is 8.98. The summed E-state index contributed by atoms with van der Waals surface area (Å²) < 4.78 is 5.11. The number of benzene rings is 2. The van der Waals surface area contributed by atoms with Gasteiger partial charge in [0.2, 0.25) is 11.8 Å². The Hall–Kier alpha value is -3.60. The van der Waals surface area contributed by atoms with Crippen LogP contribution in [0.1, 0.15) is 34.5 Å². The third-order valence-corrected chi connectivity index (χ3v) is 7.36. The van der Waals surface area contributed by atoms with Crippen LogP contribution in [0.25, 0.3) is 0 Å². The van der Waals surface area contributed by atoms with Crippen molar-refractivity contribution in [2.75, 3.05) is 45.2 Å². The number of anilines is 1. The van der Waals surface area contributed by atoms with Gasteiger partial charge < -0.3 is 20.3 Å². The monoisotopic (exact) mass is 549 g/mol. The first-order valence-corrected chi connectivity index (χ1v) is 14.0. The van der Waals surface area contributed by atoms with Crippen LogP contribution in [0.5, 0.6) is 0 Å². The number of hydrogen-bond acceptors (Lipinski definition) is 7. The predicted octanol–water partition coefficient (Wildman–Crippen LogP) is 3.19. The van der Waals surface area contributed by atoms with Gasteiger partial charge in [0.1, 0.15) is 6.54 Å². The summed E-state index contributed by atoms with van der Waals surface area (Å²) >= 11 is 1.26. The molecule has 2 aromatic carbocycles. The second-order valence-corrected chi connectivity index (χ2v) is 10.4. The van der Waals surface area contributed by atoms with Gasteiger partial charge in [0.05, 0.1) is 18.7 Å². The minimum absolute atomic E-state index is 0.0705. The number of amides is 3. The topological polar surface area (TPSA) is 104 Å². The molecule has 0 bridgehead atoms. The van der Waals surface area contributed by atoms with Gasteiger partial charge in [-0.3, -0.25) is 19.3 Å². The minimum Gasteiger partial charge on any atom is -0.383 e. The fraction of sp³-hybridized carbons (Fsp3) is 0.379. The van der Waals surface area contributed by atoms with Crippen molar-refractivity contribution in [3.05, 3.63) is 82.9 Å². The van der Waals surface area contributed by atoms with Crippen molar-refractivity contribution in [2.24, 2.45) is 0 Å². The van der Waals surface area contributed by atoms with Crippen molar-refractivity contribution in [3.63, 3.8) is 0 Å². The lowest BCUT2D eigenvalue weighted by Crippen LogP contribution is -2.44. The third-order valence-electron chi connectivity index (χ3n) is 6.55. The van der Waals surface area contributed by atoms with E-state index in [2.05, 4.69) is 44.8 Å². The van der Waals surface area contributed by atoms with Gasteiger partial charge in [-0.15, -0.1) is 11.3 Å². The van der Waals surface area contributed by atoms with E-state index in [9.17, 15) is 14.4 Å². The Morgan fingerprint density at radius 3 is 2.41 bits per heavy atom. The van der Waals surface area contributed by atoms with Crippen molar-refractivity contribution in [2.45, 2.75) is 31.8 Å². The van der Waals surface area contributed by atoms with Gasteiger partial charge in [0, 0.05) is 50.3 Å². The highest BCUT2D eigenvalue weighted by atomic mass is 32.1. The van der Waals surface area contributed by atoms with E-state index in [0.717, 1.165) is 32.5 Å². The van der Waals surface area contributed by atoms with Gasteiger partial charge in [-0.05, 0) is 30.5 Å². The summed E-state index contributed by atoms with van der Waals surface area (Å²) in [5.74, 6) is -0.674. The molecule has 0 unspecified atom stereocenters. The number of carbonyl (C=O) groups excluding carboxylic acids is 3. The molecule has 3 aromatic rings. The molecule has 1 aromatic heterocycles. The summed E-state index contributed by atoms with van der Waals surface area (Å²) in [5.41, 5.74) is 2.41. The summed E-state index contributed by atoms with van der Waals surface area (Å²) in [4.78, 5) is 46.5. The molecule has 2 N–H and O–H groups in total. The predicted molar refractivity (Wildman–Crippen MR) is 152 cm³/mol. The SMILES string of the molecule is COCCN(CC(=O)Nc1nc(CC(=O)NC2CCN(Cc3ccccc3)CC2)cs1)C(=O)c1ccccc1. The van der Waals surface area contributed by atoms with Gasteiger partial charge in [0.25, 0.3) is 5.91 Å². The number of piperidine rings is 1. The zero-order chi connectivity index (χ0) is 27.5. The molecule has 0 saturated carbocycles. The maximum absolute atomic E-state index is 12.9. The van der Waals surface area contributed by atoms with Crippen LogP contribution in [0.2, 0.25) is 0 Å². The lowest BCUT2D eigenvalue weighted by atomic mass is 10.0. The van der Waals surface area contributed by atoms with E-state index >= 15 is 0 Å². The standard InChI is InChI=1S/C29H35N5O4S/c1-38-17-16-34(28(37)23-10-6-3-7-11-23)20-27(36)32-29-31-25(21-39-29)18-26(35)30-24-12-14-33(15-13-24)19-22-8-4-2-5-9-22/h2-11,21,24H,12-20H2,1H3,(H,30,35)(H,31,32,36). The lowest BCUT2D eigenvalue weighted by Gasteiger charge is -2.32. The quantitative estimate of drug-likeness (QED) is 0.360. The second-order valence-electron chi connectivity index (χ2n) is 9.56. The molecule has 0 radical (unpaired) electrons. The van der Waals surface area contributed by atoms with Gasteiger partial charge in [0.15, 0.2) is 5.13 Å². The molecular weight excluding hydrogens is 514 g/mol. The van der Waals surface area contributed by atoms with Crippen LogP contribution in [-0.4, -0.2) is 78.4 Å². The van der Waals surface area contributed by atoms with Gasteiger partial charge in [-0.2, -0.15) is 0 Å². The highest BCUT2D eigenvalue weighted by Gasteiger charge is 2.22. The molecule has 39 heavy (non-hydrogen) atoms. The number of thiazole rings is 1. The maximum Gasteiger partial charge on any atom is 0.254 e. The number of methoxy groups -OCH3 is 1. The van der Waals surface area contributed by atoms with Crippen molar-refractivity contribution < 1.29 is 19.1 Å². The molecule has 9 nitrogen and oxygen atoms in total. The van der Waals surface area contributed by atoms with Crippen LogP contribution in [0, 0.1) is 0 Å². The van der Waals surface area contributed by atoms with Crippen LogP contribution < -0.4 is 10.6 Å². The first-order chi connectivity index (χ1) is 19.0. The number of hydrogen-bond donors (Lipinski definition) is 2. The zero-order valence-electron chi connectivity index (χ0n) is 22.2. The smallest absolute Gasteiger partial charge is 0.254 e. The van der Waals surface area contributed by atoms with Crippen LogP contribution in [-0.2, 0) is 27.3 Å². The Kier molecular flexibility index (Phi) is 10.6. The van der Waals surface area contributed by atoms with E-state index in [4.69, 9.17) is 4.74 Å². The Bertz CT molecular complexity index is 1210. The van der Waals surface area contributed by atoms with Gasteiger partial charge >= 0.3 is 0 Å². The normalized spacial score (nSPS) is 14.1. The molecule has 2 heterocycles. The van der Waals surface area contributed by atoms with Crippen LogP contribution in [0.3, 0.4) is 0 Å². The Morgan fingerprint density at radius 1 is 1.03 bits per heavy atom. The summed E-state index contributed by atoms with van der Waals surface area (Å²) in [6.45, 7) is 3.29. The first-order valence-electron chi connectivity index (χ1n) is 13.1. The molecule has 0 atom stereocenters. The second kappa shape index (κ2) is 14.5. The van der Waals surface area contributed by atoms with Crippen molar-refractivity contribution >= 4 is 34.2 Å². The van der Waals surface area contributed by atoms with Gasteiger partial charge in [-0.1, -0.05) is 48.5 Å². The molecule has 0 spiro atoms. The van der Waals surface area contributed by atoms with E-state index in [1.165, 1.54) is 21.8 Å². The zero-order valence-corrected chi connectivity index (χ0v) is 23.0. The largest absolute Gasteiger partial charge is 0.383 e. The fourth-order valence-corrected chi connectivity index (χ4v) is 5.24. The molecule has 10 heteroatoms. The molecule has 1 aliphatic heterocycles. The number of nitrogens with one attached hydrogen (secondary N) is 2. The average Bonchev–Trinajstić information content (AvgIpc) is 3.38. The summed E-state index contributed by atoms with van der Waals surface area (Å²) in [7, 11) is 1.55. The first kappa shape index (κ1) is 28.4. The maximum atomic E-state index is 12.9. The molecule has 3 amide bonds. The Balaban J connectivity index is 1.21. The van der Waals surface area contributed by atoms with Gasteiger partial charge in [-0.25, -0.2) is 4.98 Å². The Labute approximate surface area is 233 Å². The van der Waals surface area contributed by atoms with E-state index in [1.54, 1.807) is 36.8 Å². The van der Waals surface area contributed by atoms with E-state index in [0.29, 0.717) is 23.0 Å². The van der Waals surface area contributed by atoms with Crippen molar-refractivity contribution in [1.82, 2.24) is 20.1 Å². The molecule has 4 rings (SSSR count). The molecule has 1 fully saturated rings. The van der Waals surface area contributed by atoms with Crippen molar-refractivity contribution in [1.29, 1.82) is 0 Å². The molecule has 206 valence electrons. The molecule has 0 aliphatic carbocycles. The highest BCUT2D eigenvalue weighted by molar-refractivity contribution is 7.13. The molecule has 1 aliphatic rings. The van der Waals surface area contributed by atoms with E-state index in [-0.39, 0.29) is 43.3 Å².